The van der Waals surface area contributed by atoms with Crippen molar-refractivity contribution >= 4 is 6.08 Å². The van der Waals surface area contributed by atoms with Crippen LogP contribution in [0, 0.1) is 13.8 Å². The summed E-state index contributed by atoms with van der Waals surface area (Å²) in [6.07, 6.45) is 3.93. The van der Waals surface area contributed by atoms with Gasteiger partial charge >= 0.3 is 0 Å². The lowest BCUT2D eigenvalue weighted by atomic mass is 10.1. The first-order valence-electron chi connectivity index (χ1n) is 4.18. The summed E-state index contributed by atoms with van der Waals surface area (Å²) >= 11 is 0. The first-order valence-corrected chi connectivity index (χ1v) is 4.18. The molecular weight excluding hydrogens is 156 g/mol. The Bertz CT molecular complexity index is 326. The standard InChI is InChI=1S/C12H14.CH4/c1-4-5-6-12-9-10(2)7-8-11(12)3;/h4,6-9H,1-3H3;1H4. The maximum absolute atomic E-state index is 3.08. The van der Waals surface area contributed by atoms with Crippen molar-refractivity contribution in [3.63, 3.8) is 0 Å². The Morgan fingerprint density at radius 1 is 1.23 bits per heavy atom. The average molecular weight is 174 g/mol. The topological polar surface area (TPSA) is 0 Å². The molecule has 0 aliphatic carbocycles. The van der Waals surface area contributed by atoms with Gasteiger partial charge in [0, 0.05) is 0 Å². The Balaban J connectivity index is 0.00000144. The molecule has 1 rings (SSSR count). The van der Waals surface area contributed by atoms with Gasteiger partial charge in [0.15, 0.2) is 0 Å². The van der Waals surface area contributed by atoms with E-state index in [-0.39, 0.29) is 7.43 Å². The van der Waals surface area contributed by atoms with Crippen LogP contribution in [0.2, 0.25) is 0 Å². The molecule has 0 aliphatic rings. The fraction of sp³-hybridized carbons (Fsp3) is 0.308. The molecule has 0 heteroatoms. The highest BCUT2D eigenvalue weighted by atomic mass is 14.0. The molecule has 0 bridgehead atoms. The largest absolute Gasteiger partial charge is 0.125 e. The lowest BCUT2D eigenvalue weighted by Gasteiger charge is -1.99. The summed E-state index contributed by atoms with van der Waals surface area (Å²) in [4.78, 5) is 0. The van der Waals surface area contributed by atoms with E-state index in [2.05, 4.69) is 37.8 Å². The SMILES string of the molecule is C.CC=C=Cc1cc(C)ccc1C. The van der Waals surface area contributed by atoms with Crippen LogP contribution < -0.4 is 0 Å². The molecule has 13 heavy (non-hydrogen) atoms. The summed E-state index contributed by atoms with van der Waals surface area (Å²) in [5.41, 5.74) is 6.94. The van der Waals surface area contributed by atoms with Crippen LogP contribution in [0.25, 0.3) is 6.08 Å². The molecule has 0 aromatic heterocycles. The monoisotopic (exact) mass is 174 g/mol. The van der Waals surface area contributed by atoms with Gasteiger partial charge < -0.3 is 0 Å². The Morgan fingerprint density at radius 3 is 2.54 bits per heavy atom. The number of allylic oxidation sites excluding steroid dienone is 1. The second-order valence-electron chi connectivity index (χ2n) is 2.96. The van der Waals surface area contributed by atoms with Gasteiger partial charge in [-0.25, -0.2) is 0 Å². The Labute approximate surface area is 81.6 Å². The van der Waals surface area contributed by atoms with Gasteiger partial charge in [-0.1, -0.05) is 31.2 Å². The van der Waals surface area contributed by atoms with Gasteiger partial charge in [0.05, 0.1) is 0 Å². The predicted molar refractivity (Wildman–Crippen MR) is 60.9 cm³/mol. The predicted octanol–water partition coefficient (Wildman–Crippen LogP) is 4.13. The summed E-state index contributed by atoms with van der Waals surface area (Å²) in [6.45, 7) is 6.19. The zero-order valence-corrected chi connectivity index (χ0v) is 7.89. The summed E-state index contributed by atoms with van der Waals surface area (Å²) in [5, 5.41) is 0. The smallest absolute Gasteiger partial charge is 0.0128 e. The summed E-state index contributed by atoms with van der Waals surface area (Å²) in [7, 11) is 0. The highest BCUT2D eigenvalue weighted by molar-refractivity contribution is 5.53. The zero-order chi connectivity index (χ0) is 8.97. The molecular formula is C13H18. The molecule has 0 unspecified atom stereocenters. The van der Waals surface area contributed by atoms with E-state index in [4.69, 9.17) is 0 Å². The Morgan fingerprint density at radius 2 is 1.92 bits per heavy atom. The molecule has 0 atom stereocenters. The normalized spacial score (nSPS) is 8.23. The van der Waals surface area contributed by atoms with Crippen LogP contribution >= 0.6 is 0 Å². The van der Waals surface area contributed by atoms with Gasteiger partial charge in [0.25, 0.3) is 0 Å². The number of rotatable bonds is 1. The molecule has 0 spiro atoms. The Hall–Kier alpha value is -1.26. The van der Waals surface area contributed by atoms with Gasteiger partial charge in [-0.2, -0.15) is 0 Å². The van der Waals surface area contributed by atoms with Gasteiger partial charge in [-0.05, 0) is 44.1 Å². The van der Waals surface area contributed by atoms with Crippen molar-refractivity contribution in [2.24, 2.45) is 0 Å². The van der Waals surface area contributed by atoms with E-state index in [1.54, 1.807) is 0 Å². The minimum absolute atomic E-state index is 0. The third-order valence-corrected chi connectivity index (χ3v) is 1.84. The molecule has 1 aromatic rings. The third-order valence-electron chi connectivity index (χ3n) is 1.84. The van der Waals surface area contributed by atoms with E-state index in [0.717, 1.165) is 0 Å². The average Bonchev–Trinajstić information content (AvgIpc) is 2.07. The molecule has 70 valence electrons. The zero-order valence-electron chi connectivity index (χ0n) is 7.89. The van der Waals surface area contributed by atoms with Crippen LogP contribution in [0.1, 0.15) is 31.0 Å². The molecule has 0 nitrogen and oxygen atoms in total. The van der Waals surface area contributed by atoms with Crippen LogP contribution in [-0.2, 0) is 0 Å². The van der Waals surface area contributed by atoms with Crippen molar-refractivity contribution in [3.05, 3.63) is 46.7 Å². The minimum Gasteiger partial charge on any atom is -0.125 e. The van der Waals surface area contributed by atoms with Crippen LogP contribution in [-0.4, -0.2) is 0 Å². The maximum Gasteiger partial charge on any atom is -0.0128 e. The lowest BCUT2D eigenvalue weighted by molar-refractivity contribution is 1.38. The van der Waals surface area contributed by atoms with Gasteiger partial charge in [-0.3, -0.25) is 0 Å². The van der Waals surface area contributed by atoms with Crippen LogP contribution in [0.4, 0.5) is 0 Å². The number of benzene rings is 1. The molecule has 0 radical (unpaired) electrons. The van der Waals surface area contributed by atoms with Crippen LogP contribution in [0.15, 0.2) is 30.0 Å². The summed E-state index contributed by atoms with van der Waals surface area (Å²) in [5.74, 6) is 0. The van der Waals surface area contributed by atoms with E-state index in [1.165, 1.54) is 16.7 Å². The summed E-state index contributed by atoms with van der Waals surface area (Å²) < 4.78 is 0. The second-order valence-corrected chi connectivity index (χ2v) is 2.96. The number of aryl methyl sites for hydroxylation is 2. The molecule has 0 aliphatic heterocycles. The van der Waals surface area contributed by atoms with Crippen molar-refractivity contribution in [2.75, 3.05) is 0 Å². The maximum atomic E-state index is 3.08. The van der Waals surface area contributed by atoms with Gasteiger partial charge in [0.1, 0.15) is 0 Å². The van der Waals surface area contributed by atoms with Gasteiger partial charge in [0.2, 0.25) is 0 Å². The fourth-order valence-electron chi connectivity index (χ4n) is 1.09. The van der Waals surface area contributed by atoms with Gasteiger partial charge in [-0.15, -0.1) is 5.73 Å². The molecule has 0 N–H and O–H groups in total. The molecule has 0 saturated carbocycles. The number of hydrogen-bond donors (Lipinski definition) is 0. The second kappa shape index (κ2) is 5.40. The highest BCUT2D eigenvalue weighted by Gasteiger charge is 1.92. The van der Waals surface area contributed by atoms with Crippen molar-refractivity contribution in [1.29, 1.82) is 0 Å². The third kappa shape index (κ3) is 3.31. The molecule has 0 fully saturated rings. The first kappa shape index (κ1) is 11.7. The van der Waals surface area contributed by atoms with Crippen LogP contribution in [0.3, 0.4) is 0 Å². The molecule has 0 saturated heterocycles. The lowest BCUT2D eigenvalue weighted by Crippen LogP contribution is -1.80. The quantitative estimate of drug-likeness (QED) is 0.562. The van der Waals surface area contributed by atoms with Crippen molar-refractivity contribution in [3.8, 4) is 0 Å². The first-order chi connectivity index (χ1) is 5.74. The minimum atomic E-state index is 0. The molecule has 1 aromatic carbocycles. The van der Waals surface area contributed by atoms with Crippen LogP contribution in [0.5, 0.6) is 0 Å². The fourth-order valence-corrected chi connectivity index (χ4v) is 1.09. The van der Waals surface area contributed by atoms with E-state index in [0.29, 0.717) is 0 Å². The van der Waals surface area contributed by atoms with Crippen molar-refractivity contribution in [2.45, 2.75) is 28.2 Å². The van der Waals surface area contributed by atoms with E-state index < -0.39 is 0 Å². The summed E-state index contributed by atoms with van der Waals surface area (Å²) in [6, 6.07) is 6.44. The van der Waals surface area contributed by atoms with Crippen molar-refractivity contribution in [1.82, 2.24) is 0 Å². The molecule has 0 heterocycles. The van der Waals surface area contributed by atoms with E-state index in [9.17, 15) is 0 Å². The van der Waals surface area contributed by atoms with E-state index >= 15 is 0 Å². The van der Waals surface area contributed by atoms with E-state index in [1.807, 2.05) is 19.1 Å². The highest BCUT2D eigenvalue weighted by Crippen LogP contribution is 2.11. The molecule has 0 amide bonds. The van der Waals surface area contributed by atoms with Crippen molar-refractivity contribution < 1.29 is 0 Å². The Kier molecular flexibility index (Phi) is 4.87. The number of hydrogen-bond acceptors (Lipinski definition) is 0.